The van der Waals surface area contributed by atoms with Crippen LogP contribution in [0, 0.1) is 12.8 Å². The van der Waals surface area contributed by atoms with Gasteiger partial charge in [-0.05, 0) is 61.7 Å². The standard InChI is InChI=1S/C22H27N3O5S/c1-15-12-20(9-10-21(15)30-3)31(28,29)25-11-5-6-17(14-25)22(27)24-19-8-4-7-18(13-19)23-16(2)26/h4,7-10,12-13,17H,5-6,11,14H2,1-3H3,(H,23,26)(H,24,27)/t17-/m0/s1. The monoisotopic (exact) mass is 445 g/mol. The number of rotatable bonds is 6. The van der Waals surface area contributed by atoms with Crippen LogP contribution in [0.4, 0.5) is 11.4 Å². The number of nitrogens with one attached hydrogen (secondary N) is 2. The van der Waals surface area contributed by atoms with Crippen molar-refractivity contribution in [1.82, 2.24) is 4.31 Å². The molecule has 0 saturated carbocycles. The Hall–Kier alpha value is -2.91. The molecular weight excluding hydrogens is 418 g/mol. The van der Waals surface area contributed by atoms with E-state index in [1.165, 1.54) is 24.4 Å². The molecule has 1 heterocycles. The summed E-state index contributed by atoms with van der Waals surface area (Å²) in [6.07, 6.45) is 1.20. The molecule has 166 valence electrons. The molecule has 0 unspecified atom stereocenters. The normalized spacial score (nSPS) is 17.1. The van der Waals surface area contributed by atoms with Gasteiger partial charge in [0.05, 0.1) is 17.9 Å². The van der Waals surface area contributed by atoms with Gasteiger partial charge >= 0.3 is 0 Å². The van der Waals surface area contributed by atoms with E-state index in [1.807, 2.05) is 0 Å². The molecule has 1 saturated heterocycles. The second-order valence-corrected chi connectivity index (χ2v) is 9.52. The predicted molar refractivity (Wildman–Crippen MR) is 119 cm³/mol. The zero-order chi connectivity index (χ0) is 22.6. The van der Waals surface area contributed by atoms with Gasteiger partial charge in [-0.15, -0.1) is 0 Å². The zero-order valence-electron chi connectivity index (χ0n) is 17.8. The second-order valence-electron chi connectivity index (χ2n) is 7.58. The van der Waals surface area contributed by atoms with Crippen LogP contribution < -0.4 is 15.4 Å². The van der Waals surface area contributed by atoms with Gasteiger partial charge in [-0.25, -0.2) is 8.42 Å². The lowest BCUT2D eigenvalue weighted by molar-refractivity contribution is -0.121. The smallest absolute Gasteiger partial charge is 0.243 e. The first-order valence-electron chi connectivity index (χ1n) is 10.0. The SMILES string of the molecule is COc1ccc(S(=O)(=O)N2CCC[C@H](C(=O)Nc3cccc(NC(C)=O)c3)C2)cc1C. The predicted octanol–water partition coefficient (Wildman–Crippen LogP) is 3.00. The highest BCUT2D eigenvalue weighted by atomic mass is 32.2. The van der Waals surface area contributed by atoms with Crippen molar-refractivity contribution in [2.75, 3.05) is 30.8 Å². The van der Waals surface area contributed by atoms with Crippen molar-refractivity contribution in [3.8, 4) is 5.75 Å². The van der Waals surface area contributed by atoms with E-state index in [0.29, 0.717) is 36.5 Å². The van der Waals surface area contributed by atoms with Crippen molar-refractivity contribution in [2.24, 2.45) is 5.92 Å². The summed E-state index contributed by atoms with van der Waals surface area (Å²) in [5.74, 6) is -0.292. The highest BCUT2D eigenvalue weighted by molar-refractivity contribution is 7.89. The quantitative estimate of drug-likeness (QED) is 0.711. The van der Waals surface area contributed by atoms with Crippen LogP contribution in [0.5, 0.6) is 5.75 Å². The van der Waals surface area contributed by atoms with Gasteiger partial charge in [0.1, 0.15) is 5.75 Å². The average molecular weight is 446 g/mol. The molecule has 9 heteroatoms. The maximum Gasteiger partial charge on any atom is 0.243 e. The van der Waals surface area contributed by atoms with E-state index in [9.17, 15) is 18.0 Å². The highest BCUT2D eigenvalue weighted by Crippen LogP contribution is 2.28. The fourth-order valence-corrected chi connectivity index (χ4v) is 5.27. The lowest BCUT2D eigenvalue weighted by Crippen LogP contribution is -2.43. The third-order valence-corrected chi connectivity index (χ3v) is 7.07. The molecule has 0 aliphatic carbocycles. The number of nitrogens with zero attached hydrogens (tertiary/aromatic N) is 1. The average Bonchev–Trinajstić information content (AvgIpc) is 2.73. The summed E-state index contributed by atoms with van der Waals surface area (Å²) in [6, 6.07) is 11.6. The number of aryl methyl sites for hydroxylation is 1. The molecule has 2 N–H and O–H groups in total. The van der Waals surface area contributed by atoms with Crippen molar-refractivity contribution in [2.45, 2.75) is 31.6 Å². The molecule has 2 aromatic carbocycles. The number of methoxy groups -OCH3 is 1. The van der Waals surface area contributed by atoms with Crippen LogP contribution in [0.15, 0.2) is 47.4 Å². The molecule has 0 spiro atoms. The summed E-state index contributed by atoms with van der Waals surface area (Å²) in [7, 11) is -2.18. The minimum absolute atomic E-state index is 0.116. The molecule has 2 amide bonds. The molecule has 8 nitrogen and oxygen atoms in total. The molecule has 0 radical (unpaired) electrons. The lowest BCUT2D eigenvalue weighted by atomic mass is 9.98. The highest BCUT2D eigenvalue weighted by Gasteiger charge is 2.33. The number of benzene rings is 2. The molecule has 1 atom stereocenters. The van der Waals surface area contributed by atoms with Gasteiger partial charge in [-0.1, -0.05) is 6.07 Å². The van der Waals surface area contributed by atoms with Crippen LogP contribution in [0.25, 0.3) is 0 Å². The minimum atomic E-state index is -3.72. The number of carbonyl (C=O) groups is 2. The number of sulfonamides is 1. The van der Waals surface area contributed by atoms with E-state index in [1.54, 1.807) is 43.3 Å². The van der Waals surface area contributed by atoms with E-state index < -0.39 is 15.9 Å². The van der Waals surface area contributed by atoms with Gasteiger partial charge in [0.15, 0.2) is 0 Å². The number of anilines is 2. The first kappa shape index (κ1) is 22.8. The van der Waals surface area contributed by atoms with E-state index >= 15 is 0 Å². The first-order valence-corrected chi connectivity index (χ1v) is 11.5. The molecule has 1 fully saturated rings. The Balaban J connectivity index is 1.72. The van der Waals surface area contributed by atoms with Gasteiger partial charge in [-0.3, -0.25) is 9.59 Å². The van der Waals surface area contributed by atoms with Gasteiger partial charge < -0.3 is 15.4 Å². The van der Waals surface area contributed by atoms with Crippen LogP contribution in [0.1, 0.15) is 25.3 Å². The fourth-order valence-electron chi connectivity index (χ4n) is 3.66. The van der Waals surface area contributed by atoms with Gasteiger partial charge in [-0.2, -0.15) is 4.31 Å². The Bertz CT molecular complexity index is 1080. The maximum atomic E-state index is 13.1. The first-order chi connectivity index (χ1) is 14.7. The van der Waals surface area contributed by atoms with Crippen LogP contribution in [0.3, 0.4) is 0 Å². The molecule has 0 bridgehead atoms. The Morgan fingerprint density at radius 3 is 2.45 bits per heavy atom. The van der Waals surface area contributed by atoms with Crippen molar-refractivity contribution in [3.05, 3.63) is 48.0 Å². The molecule has 1 aliphatic rings. The number of hydrogen-bond acceptors (Lipinski definition) is 5. The number of amides is 2. The molecule has 1 aliphatic heterocycles. The van der Waals surface area contributed by atoms with Gasteiger partial charge in [0.25, 0.3) is 0 Å². The fraction of sp³-hybridized carbons (Fsp3) is 0.364. The number of ether oxygens (including phenoxy) is 1. The molecule has 31 heavy (non-hydrogen) atoms. The minimum Gasteiger partial charge on any atom is -0.496 e. The zero-order valence-corrected chi connectivity index (χ0v) is 18.7. The van der Waals surface area contributed by atoms with Crippen LogP contribution in [-0.4, -0.2) is 44.7 Å². The Morgan fingerprint density at radius 2 is 1.81 bits per heavy atom. The molecule has 2 aromatic rings. The Labute approximate surface area is 182 Å². The summed E-state index contributed by atoms with van der Waals surface area (Å²) in [4.78, 5) is 24.2. The van der Waals surface area contributed by atoms with Gasteiger partial charge in [0.2, 0.25) is 21.8 Å². The van der Waals surface area contributed by atoms with Crippen LogP contribution in [0.2, 0.25) is 0 Å². The summed E-state index contributed by atoms with van der Waals surface area (Å²) in [5, 5.41) is 5.50. The van der Waals surface area contributed by atoms with E-state index in [4.69, 9.17) is 4.74 Å². The summed E-state index contributed by atoms with van der Waals surface area (Å²) in [6.45, 7) is 3.69. The lowest BCUT2D eigenvalue weighted by Gasteiger charge is -2.31. The van der Waals surface area contributed by atoms with Crippen molar-refractivity contribution < 1.29 is 22.7 Å². The number of hydrogen-bond donors (Lipinski definition) is 2. The molecular formula is C22H27N3O5S. The van der Waals surface area contributed by atoms with Crippen molar-refractivity contribution in [3.63, 3.8) is 0 Å². The van der Waals surface area contributed by atoms with E-state index in [0.717, 1.165) is 5.56 Å². The Morgan fingerprint density at radius 1 is 1.10 bits per heavy atom. The van der Waals surface area contributed by atoms with Crippen LogP contribution >= 0.6 is 0 Å². The largest absolute Gasteiger partial charge is 0.496 e. The van der Waals surface area contributed by atoms with E-state index in [-0.39, 0.29) is 23.3 Å². The molecule has 3 rings (SSSR count). The van der Waals surface area contributed by atoms with E-state index in [2.05, 4.69) is 10.6 Å². The number of carbonyl (C=O) groups excluding carboxylic acids is 2. The third-order valence-electron chi connectivity index (χ3n) is 5.21. The third kappa shape index (κ3) is 5.42. The summed E-state index contributed by atoms with van der Waals surface area (Å²) in [5.41, 5.74) is 1.85. The summed E-state index contributed by atoms with van der Waals surface area (Å²) >= 11 is 0. The van der Waals surface area contributed by atoms with Crippen molar-refractivity contribution in [1.29, 1.82) is 0 Å². The van der Waals surface area contributed by atoms with Gasteiger partial charge in [0, 0.05) is 31.4 Å². The molecule has 0 aromatic heterocycles. The summed E-state index contributed by atoms with van der Waals surface area (Å²) < 4.78 is 32.8. The maximum absolute atomic E-state index is 13.1. The number of piperidine rings is 1. The topological polar surface area (TPSA) is 105 Å². The van der Waals surface area contributed by atoms with Crippen molar-refractivity contribution >= 4 is 33.2 Å². The second kappa shape index (κ2) is 9.49. The van der Waals surface area contributed by atoms with Crippen LogP contribution in [-0.2, 0) is 19.6 Å². The Kier molecular flexibility index (Phi) is 6.97.